The summed E-state index contributed by atoms with van der Waals surface area (Å²) in [7, 11) is 0. The molecule has 0 bridgehead atoms. The van der Waals surface area contributed by atoms with Crippen LogP contribution in [0.4, 0.5) is 0 Å². The minimum Gasteiger partial charge on any atom is -0.314 e. The van der Waals surface area contributed by atoms with Crippen LogP contribution in [0.2, 0.25) is 5.02 Å². The van der Waals surface area contributed by atoms with Crippen LogP contribution in [0.5, 0.6) is 0 Å². The zero-order chi connectivity index (χ0) is 13.8. The monoisotopic (exact) mass is 341 g/mol. The molecule has 0 aliphatic rings. The summed E-state index contributed by atoms with van der Waals surface area (Å²) in [6.07, 6.45) is 0.715. The average molecular weight is 343 g/mol. The van der Waals surface area contributed by atoms with Crippen molar-refractivity contribution >= 4 is 27.5 Å². The lowest BCUT2D eigenvalue weighted by atomic mass is 10.1. The molecular weight excluding hydrogens is 326 g/mol. The summed E-state index contributed by atoms with van der Waals surface area (Å²) in [4.78, 5) is 0. The molecule has 19 heavy (non-hydrogen) atoms. The molecule has 2 rings (SSSR count). The molecule has 3 nitrogen and oxygen atoms in total. The van der Waals surface area contributed by atoms with Crippen LogP contribution in [-0.4, -0.2) is 14.8 Å². The minimum atomic E-state index is 0.554. The third-order valence-electron chi connectivity index (χ3n) is 2.88. The van der Waals surface area contributed by atoms with E-state index in [0.717, 1.165) is 34.1 Å². The molecule has 102 valence electrons. The first-order chi connectivity index (χ1) is 9.11. The molecule has 0 fully saturated rings. The third-order valence-corrected chi connectivity index (χ3v) is 3.75. The Hall–Kier alpha value is -0.870. The van der Waals surface area contributed by atoms with Crippen LogP contribution >= 0.6 is 27.5 Å². The number of aromatic nitrogens is 3. The van der Waals surface area contributed by atoms with Gasteiger partial charge in [-0.15, -0.1) is 10.2 Å². The summed E-state index contributed by atoms with van der Waals surface area (Å²) in [5.74, 6) is 2.49. The molecule has 0 spiro atoms. The molecule has 0 unspecified atom stereocenters. The number of benzene rings is 1. The van der Waals surface area contributed by atoms with Gasteiger partial charge in [0.1, 0.15) is 11.6 Å². The maximum Gasteiger partial charge on any atom is 0.143 e. The number of hydrogen-bond donors (Lipinski definition) is 0. The average Bonchev–Trinajstić information content (AvgIpc) is 2.74. The van der Waals surface area contributed by atoms with E-state index in [4.69, 9.17) is 11.6 Å². The summed E-state index contributed by atoms with van der Waals surface area (Å²) in [5, 5.41) is 10.0. The fourth-order valence-electron chi connectivity index (χ4n) is 1.99. The molecule has 0 radical (unpaired) electrons. The van der Waals surface area contributed by atoms with E-state index in [1.807, 2.05) is 24.3 Å². The number of nitrogens with zero attached hydrogens (tertiary/aromatic N) is 3. The van der Waals surface area contributed by atoms with Crippen LogP contribution in [0.1, 0.15) is 31.1 Å². The van der Waals surface area contributed by atoms with Gasteiger partial charge in [-0.05, 0) is 17.5 Å². The first kappa shape index (κ1) is 14.5. The van der Waals surface area contributed by atoms with Crippen LogP contribution in [-0.2, 0) is 18.3 Å². The van der Waals surface area contributed by atoms with Gasteiger partial charge in [0.25, 0.3) is 0 Å². The highest BCUT2D eigenvalue weighted by Crippen LogP contribution is 2.19. The molecule has 5 heteroatoms. The summed E-state index contributed by atoms with van der Waals surface area (Å²) in [6.45, 7) is 5.31. The van der Waals surface area contributed by atoms with Crippen LogP contribution in [0.25, 0.3) is 0 Å². The van der Waals surface area contributed by atoms with Gasteiger partial charge in [0, 0.05) is 18.0 Å². The molecular formula is C14H17BrClN3. The fraction of sp³-hybridized carbons (Fsp3) is 0.429. The van der Waals surface area contributed by atoms with E-state index in [2.05, 4.69) is 44.5 Å². The minimum absolute atomic E-state index is 0.554. The van der Waals surface area contributed by atoms with Gasteiger partial charge in [0.15, 0.2) is 0 Å². The predicted octanol–water partition coefficient (Wildman–Crippen LogP) is 4.07. The second kappa shape index (κ2) is 6.53. The Morgan fingerprint density at radius 1 is 1.21 bits per heavy atom. The maximum atomic E-state index is 6.21. The molecule has 1 aromatic heterocycles. The van der Waals surface area contributed by atoms with Gasteiger partial charge in [0.2, 0.25) is 0 Å². The van der Waals surface area contributed by atoms with E-state index in [0.29, 0.717) is 12.3 Å². The molecule has 0 atom stereocenters. The Kier molecular flexibility index (Phi) is 4.99. The molecule has 1 aromatic carbocycles. The summed E-state index contributed by atoms with van der Waals surface area (Å²) >= 11 is 9.67. The van der Waals surface area contributed by atoms with Gasteiger partial charge in [-0.1, -0.05) is 59.6 Å². The van der Waals surface area contributed by atoms with E-state index < -0.39 is 0 Å². The number of rotatable bonds is 5. The highest BCUT2D eigenvalue weighted by atomic mass is 79.9. The Morgan fingerprint density at radius 3 is 2.53 bits per heavy atom. The third kappa shape index (κ3) is 3.57. The van der Waals surface area contributed by atoms with Crippen molar-refractivity contribution in [3.8, 4) is 0 Å². The fourth-order valence-corrected chi connectivity index (χ4v) is 2.61. The van der Waals surface area contributed by atoms with Gasteiger partial charge in [0.05, 0.1) is 5.33 Å². The first-order valence-corrected chi connectivity index (χ1v) is 7.82. The summed E-state index contributed by atoms with van der Waals surface area (Å²) in [5.41, 5.74) is 1.09. The van der Waals surface area contributed by atoms with E-state index in [9.17, 15) is 0 Å². The van der Waals surface area contributed by atoms with Crippen LogP contribution < -0.4 is 0 Å². The van der Waals surface area contributed by atoms with E-state index >= 15 is 0 Å². The van der Waals surface area contributed by atoms with E-state index in [1.165, 1.54) is 0 Å². The maximum absolute atomic E-state index is 6.21. The number of halogens is 2. The highest BCUT2D eigenvalue weighted by Gasteiger charge is 2.13. The standard InChI is InChI=1S/C14H17BrClN3/c1-10(2)9-19-13(17-18-14(19)8-15)7-11-5-3-4-6-12(11)16/h3-6,10H,7-9H2,1-2H3. The Bertz CT molecular complexity index is 551. The molecule has 0 aliphatic carbocycles. The van der Waals surface area contributed by atoms with Crippen molar-refractivity contribution in [1.29, 1.82) is 0 Å². The van der Waals surface area contributed by atoms with Crippen molar-refractivity contribution in [3.63, 3.8) is 0 Å². The van der Waals surface area contributed by atoms with Crippen LogP contribution in [0.15, 0.2) is 24.3 Å². The van der Waals surface area contributed by atoms with Gasteiger partial charge < -0.3 is 4.57 Å². The van der Waals surface area contributed by atoms with Crippen molar-refractivity contribution < 1.29 is 0 Å². The van der Waals surface area contributed by atoms with Gasteiger partial charge in [-0.25, -0.2) is 0 Å². The quantitative estimate of drug-likeness (QED) is 0.767. The lowest BCUT2D eigenvalue weighted by Gasteiger charge is -2.12. The summed E-state index contributed by atoms with van der Waals surface area (Å²) < 4.78 is 2.18. The topological polar surface area (TPSA) is 30.7 Å². The van der Waals surface area contributed by atoms with Crippen LogP contribution in [0.3, 0.4) is 0 Å². The second-order valence-corrected chi connectivity index (χ2v) is 5.91. The Labute approximate surface area is 127 Å². The first-order valence-electron chi connectivity index (χ1n) is 6.32. The molecule has 0 saturated heterocycles. The van der Waals surface area contributed by atoms with Crippen molar-refractivity contribution in [1.82, 2.24) is 14.8 Å². The lowest BCUT2D eigenvalue weighted by Crippen LogP contribution is -2.11. The molecule has 1 heterocycles. The van der Waals surface area contributed by atoms with Gasteiger partial charge in [-0.2, -0.15) is 0 Å². The molecule has 0 saturated carbocycles. The highest BCUT2D eigenvalue weighted by molar-refractivity contribution is 9.08. The predicted molar refractivity (Wildman–Crippen MR) is 81.7 cm³/mol. The van der Waals surface area contributed by atoms with Crippen molar-refractivity contribution in [2.75, 3.05) is 0 Å². The zero-order valence-corrected chi connectivity index (χ0v) is 13.4. The lowest BCUT2D eigenvalue weighted by molar-refractivity contribution is 0.500. The van der Waals surface area contributed by atoms with Crippen LogP contribution in [0, 0.1) is 5.92 Å². The smallest absolute Gasteiger partial charge is 0.143 e. The zero-order valence-electron chi connectivity index (χ0n) is 11.1. The number of alkyl halides is 1. The Morgan fingerprint density at radius 2 is 1.89 bits per heavy atom. The normalized spacial score (nSPS) is 11.2. The summed E-state index contributed by atoms with van der Waals surface area (Å²) in [6, 6.07) is 7.88. The van der Waals surface area contributed by atoms with E-state index in [-0.39, 0.29) is 0 Å². The SMILES string of the molecule is CC(C)Cn1c(CBr)nnc1Cc1ccccc1Cl. The van der Waals surface area contributed by atoms with Gasteiger partial charge >= 0.3 is 0 Å². The van der Waals surface area contributed by atoms with Crippen molar-refractivity contribution in [2.45, 2.75) is 32.1 Å². The largest absolute Gasteiger partial charge is 0.314 e. The Balaban J connectivity index is 2.30. The van der Waals surface area contributed by atoms with Crippen molar-refractivity contribution in [3.05, 3.63) is 46.5 Å². The van der Waals surface area contributed by atoms with Gasteiger partial charge in [-0.3, -0.25) is 0 Å². The molecule has 0 amide bonds. The molecule has 0 aliphatic heterocycles. The second-order valence-electron chi connectivity index (χ2n) is 4.94. The number of hydrogen-bond acceptors (Lipinski definition) is 2. The van der Waals surface area contributed by atoms with E-state index in [1.54, 1.807) is 0 Å². The molecule has 2 aromatic rings. The van der Waals surface area contributed by atoms with Crippen molar-refractivity contribution in [2.24, 2.45) is 5.92 Å². The molecule has 0 N–H and O–H groups in total.